The van der Waals surface area contributed by atoms with Crippen LogP contribution in [0, 0.1) is 11.7 Å². The van der Waals surface area contributed by atoms with Crippen LogP contribution in [0.25, 0.3) is 5.70 Å². The van der Waals surface area contributed by atoms with Crippen LogP contribution >= 0.6 is 34.8 Å². The van der Waals surface area contributed by atoms with Gasteiger partial charge in [-0.15, -0.1) is 23.2 Å². The van der Waals surface area contributed by atoms with E-state index in [9.17, 15) is 4.39 Å². The fraction of sp³-hybridized carbons (Fsp3) is 0.158. The lowest BCUT2D eigenvalue weighted by Crippen LogP contribution is -2.05. The Hall–Kier alpha value is -1.88. The number of hydrogen-bond donors (Lipinski definition) is 3. The summed E-state index contributed by atoms with van der Waals surface area (Å²) in [4.78, 5) is 0. The monoisotopic (exact) mass is 411 g/mol. The van der Waals surface area contributed by atoms with Crippen LogP contribution in [0.4, 0.5) is 21.5 Å². The summed E-state index contributed by atoms with van der Waals surface area (Å²) in [5.74, 6) is -0.443. The third-order valence-electron chi connectivity index (χ3n) is 4.12. The van der Waals surface area contributed by atoms with Crippen LogP contribution in [0.15, 0.2) is 55.3 Å². The summed E-state index contributed by atoms with van der Waals surface area (Å²) >= 11 is 18.4. The topological polar surface area (TPSA) is 50.1 Å². The number of alkyl halides is 2. The SMILES string of the molecule is C=C(Nc1cc(N)ccc1F)c1cc(NC(=C)C2CC2(Cl)Cl)ccc1Cl. The fourth-order valence-electron chi connectivity index (χ4n) is 2.57. The lowest BCUT2D eigenvalue weighted by atomic mass is 10.1. The predicted molar refractivity (Wildman–Crippen MR) is 110 cm³/mol. The smallest absolute Gasteiger partial charge is 0.146 e. The molecule has 0 saturated heterocycles. The summed E-state index contributed by atoms with van der Waals surface area (Å²) < 4.78 is 13.2. The Morgan fingerprint density at radius 2 is 1.85 bits per heavy atom. The van der Waals surface area contributed by atoms with Gasteiger partial charge in [0.15, 0.2) is 0 Å². The maximum atomic E-state index is 13.9. The highest BCUT2D eigenvalue weighted by Crippen LogP contribution is 2.56. The third kappa shape index (κ3) is 4.09. The molecule has 1 aliphatic rings. The highest BCUT2D eigenvalue weighted by Gasteiger charge is 2.53. The molecule has 1 saturated carbocycles. The number of anilines is 3. The lowest BCUT2D eigenvalue weighted by molar-refractivity contribution is 0.632. The van der Waals surface area contributed by atoms with Crippen LogP contribution in [0.5, 0.6) is 0 Å². The van der Waals surface area contributed by atoms with E-state index in [0.29, 0.717) is 28.4 Å². The molecule has 3 rings (SSSR count). The number of halogens is 4. The molecule has 0 bridgehead atoms. The number of nitrogen functional groups attached to an aromatic ring is 1. The van der Waals surface area contributed by atoms with E-state index in [1.54, 1.807) is 18.2 Å². The van der Waals surface area contributed by atoms with E-state index >= 15 is 0 Å². The van der Waals surface area contributed by atoms with Crippen molar-refractivity contribution >= 4 is 57.6 Å². The van der Waals surface area contributed by atoms with Gasteiger partial charge >= 0.3 is 0 Å². The first-order chi connectivity index (χ1) is 12.2. The van der Waals surface area contributed by atoms with E-state index in [0.717, 1.165) is 11.4 Å². The predicted octanol–water partition coefficient (Wildman–Crippen LogP) is 6.26. The Bertz CT molecular complexity index is 896. The summed E-state index contributed by atoms with van der Waals surface area (Å²) in [6.07, 6.45) is 0.658. The molecule has 0 amide bonds. The van der Waals surface area contributed by atoms with Crippen molar-refractivity contribution in [1.82, 2.24) is 0 Å². The molecule has 1 atom stereocenters. The van der Waals surface area contributed by atoms with Gasteiger partial charge in [-0.25, -0.2) is 4.39 Å². The van der Waals surface area contributed by atoms with Gasteiger partial charge in [-0.05, 0) is 42.8 Å². The maximum Gasteiger partial charge on any atom is 0.146 e. The van der Waals surface area contributed by atoms with Gasteiger partial charge in [-0.3, -0.25) is 0 Å². The molecule has 0 radical (unpaired) electrons. The van der Waals surface area contributed by atoms with Crippen LogP contribution in [-0.4, -0.2) is 4.33 Å². The fourth-order valence-corrected chi connectivity index (χ4v) is 3.37. The normalized spacial score (nSPS) is 17.5. The second-order valence-electron chi connectivity index (χ2n) is 6.21. The first-order valence-corrected chi connectivity index (χ1v) is 8.95. The Morgan fingerprint density at radius 3 is 2.50 bits per heavy atom. The molecule has 1 unspecified atom stereocenters. The highest BCUT2D eigenvalue weighted by atomic mass is 35.5. The average molecular weight is 413 g/mol. The summed E-state index contributed by atoms with van der Waals surface area (Å²) in [5.41, 5.74) is 8.89. The molecule has 7 heteroatoms. The van der Waals surface area contributed by atoms with E-state index in [1.165, 1.54) is 18.2 Å². The van der Waals surface area contributed by atoms with Crippen molar-refractivity contribution in [3.8, 4) is 0 Å². The van der Waals surface area contributed by atoms with E-state index in [2.05, 4.69) is 23.8 Å². The minimum atomic E-state index is -0.755. The van der Waals surface area contributed by atoms with Crippen molar-refractivity contribution in [1.29, 1.82) is 0 Å². The summed E-state index contributed by atoms with van der Waals surface area (Å²) in [5, 5.41) is 6.56. The molecule has 0 aromatic heterocycles. The number of benzene rings is 2. The van der Waals surface area contributed by atoms with Crippen LogP contribution in [0.3, 0.4) is 0 Å². The summed E-state index contributed by atoms with van der Waals surface area (Å²) in [6, 6.07) is 9.58. The largest absolute Gasteiger partial charge is 0.399 e. The van der Waals surface area contributed by atoms with Gasteiger partial charge in [-0.2, -0.15) is 0 Å². The van der Waals surface area contributed by atoms with Gasteiger partial charge in [0.25, 0.3) is 0 Å². The van der Waals surface area contributed by atoms with Gasteiger partial charge in [0, 0.05) is 34.3 Å². The molecule has 3 nitrogen and oxygen atoms in total. The first-order valence-electron chi connectivity index (χ1n) is 7.82. The number of nitrogens with two attached hydrogens (primary N) is 1. The second kappa shape index (κ2) is 7.03. The lowest BCUT2D eigenvalue weighted by Gasteiger charge is -2.15. The molecule has 2 aromatic rings. The van der Waals surface area contributed by atoms with Crippen molar-refractivity contribution < 1.29 is 4.39 Å². The van der Waals surface area contributed by atoms with Gasteiger partial charge in [-0.1, -0.05) is 24.8 Å². The molecule has 1 fully saturated rings. The Labute approximate surface area is 166 Å². The summed E-state index contributed by atoms with van der Waals surface area (Å²) in [7, 11) is 0. The maximum absolute atomic E-state index is 13.9. The Morgan fingerprint density at radius 1 is 1.15 bits per heavy atom. The molecule has 4 N–H and O–H groups in total. The minimum Gasteiger partial charge on any atom is -0.399 e. The number of nitrogens with one attached hydrogen (secondary N) is 2. The zero-order valence-corrected chi connectivity index (χ0v) is 16.0. The number of rotatable bonds is 6. The van der Waals surface area contributed by atoms with E-state index < -0.39 is 10.2 Å². The van der Waals surface area contributed by atoms with Crippen molar-refractivity contribution in [3.63, 3.8) is 0 Å². The molecule has 0 heterocycles. The van der Waals surface area contributed by atoms with Crippen LogP contribution < -0.4 is 16.4 Å². The number of allylic oxidation sites excluding steroid dienone is 1. The first kappa shape index (κ1) is 18.9. The van der Waals surface area contributed by atoms with Crippen LogP contribution in [-0.2, 0) is 0 Å². The third-order valence-corrected chi connectivity index (χ3v) is 5.28. The highest BCUT2D eigenvalue weighted by molar-refractivity contribution is 6.51. The van der Waals surface area contributed by atoms with E-state index in [-0.39, 0.29) is 11.6 Å². The van der Waals surface area contributed by atoms with Gasteiger partial charge in [0.1, 0.15) is 10.2 Å². The average Bonchev–Trinajstić information content (AvgIpc) is 3.21. The molecule has 1 aliphatic carbocycles. The molecule has 2 aromatic carbocycles. The van der Waals surface area contributed by atoms with Gasteiger partial charge < -0.3 is 16.4 Å². The Kier molecular flexibility index (Phi) is 5.11. The van der Waals surface area contributed by atoms with Crippen molar-refractivity contribution in [2.75, 3.05) is 16.4 Å². The molecule has 0 spiro atoms. The molecule has 136 valence electrons. The number of hydrogen-bond acceptors (Lipinski definition) is 3. The van der Waals surface area contributed by atoms with Crippen molar-refractivity contribution in [2.24, 2.45) is 5.92 Å². The van der Waals surface area contributed by atoms with Gasteiger partial charge in [0.05, 0.1) is 10.7 Å². The standard InChI is InChI=1S/C19H17Cl3FN3/c1-10(26-18-7-12(24)3-6-17(18)23)14-8-13(4-5-16(14)20)25-11(2)15-9-19(15,21)22/h3-8,15,25-26H,1-2,9,24H2. The summed E-state index contributed by atoms with van der Waals surface area (Å²) in [6.45, 7) is 7.93. The second-order valence-corrected chi connectivity index (χ2v) is 8.16. The molecular formula is C19H17Cl3FN3. The molecule has 26 heavy (non-hydrogen) atoms. The molecule has 0 aliphatic heterocycles. The molecular weight excluding hydrogens is 396 g/mol. The van der Waals surface area contributed by atoms with E-state index in [4.69, 9.17) is 40.5 Å². The van der Waals surface area contributed by atoms with Crippen LogP contribution in [0.2, 0.25) is 5.02 Å². The van der Waals surface area contributed by atoms with Crippen molar-refractivity contribution in [2.45, 2.75) is 10.8 Å². The zero-order chi connectivity index (χ0) is 19.1. The Balaban J connectivity index is 1.78. The zero-order valence-electron chi connectivity index (χ0n) is 13.8. The van der Waals surface area contributed by atoms with Gasteiger partial charge in [0.2, 0.25) is 0 Å². The van der Waals surface area contributed by atoms with E-state index in [1.807, 2.05) is 0 Å². The quantitative estimate of drug-likeness (QED) is 0.387. The minimum absolute atomic E-state index is 0.00678. The van der Waals surface area contributed by atoms with Crippen LogP contribution in [0.1, 0.15) is 12.0 Å². The van der Waals surface area contributed by atoms with Crippen molar-refractivity contribution in [3.05, 3.63) is 71.7 Å².